The van der Waals surface area contributed by atoms with Crippen LogP contribution in [0.2, 0.25) is 0 Å². The van der Waals surface area contributed by atoms with Gasteiger partial charge in [0.1, 0.15) is 12.4 Å². The van der Waals surface area contributed by atoms with Crippen LogP contribution < -0.4 is 10.1 Å². The van der Waals surface area contributed by atoms with E-state index >= 15 is 0 Å². The number of ether oxygens (including phenoxy) is 2. The van der Waals surface area contributed by atoms with E-state index in [9.17, 15) is 4.79 Å². The van der Waals surface area contributed by atoms with Crippen LogP contribution in [0, 0.1) is 0 Å². The van der Waals surface area contributed by atoms with Crippen molar-refractivity contribution in [1.82, 2.24) is 5.32 Å². The molecule has 0 aromatic heterocycles. The molecule has 132 valence electrons. The van der Waals surface area contributed by atoms with E-state index < -0.39 is 0 Å². The third-order valence-corrected chi connectivity index (χ3v) is 5.07. The number of aliphatic hydroxyl groups is 1. The van der Waals surface area contributed by atoms with Crippen LogP contribution in [0.25, 0.3) is 0 Å². The number of hydrogen-bond donors (Lipinski definition) is 2. The number of carbonyl (C=O) groups excluding carboxylic acids is 1. The van der Waals surface area contributed by atoms with Crippen molar-refractivity contribution in [3.63, 3.8) is 0 Å². The number of aliphatic hydroxyl groups excluding tert-OH is 1. The Kier molecular flexibility index (Phi) is 5.74. The standard InChI is InChI=1S/C19H27NO4/c21-11-13-23-17-6-4-15(5-7-17)18(22)20-16-8-12-24-19(14-16)9-2-1-3-10-19/h4-7,16,21H,1-3,8-14H2,(H,20,22). The van der Waals surface area contributed by atoms with Gasteiger partial charge in [-0.15, -0.1) is 0 Å². The number of nitrogens with one attached hydrogen (secondary N) is 1. The summed E-state index contributed by atoms with van der Waals surface area (Å²) in [7, 11) is 0. The monoisotopic (exact) mass is 333 g/mol. The van der Waals surface area contributed by atoms with Gasteiger partial charge in [0.15, 0.2) is 0 Å². The van der Waals surface area contributed by atoms with Gasteiger partial charge in [-0.05, 0) is 49.9 Å². The predicted molar refractivity (Wildman–Crippen MR) is 91.3 cm³/mol. The van der Waals surface area contributed by atoms with Gasteiger partial charge in [0.25, 0.3) is 5.91 Å². The summed E-state index contributed by atoms with van der Waals surface area (Å²) >= 11 is 0. The maximum Gasteiger partial charge on any atom is 0.251 e. The van der Waals surface area contributed by atoms with Crippen molar-refractivity contribution < 1.29 is 19.4 Å². The van der Waals surface area contributed by atoms with Crippen molar-refractivity contribution in [3.8, 4) is 5.75 Å². The molecule has 1 saturated heterocycles. The minimum Gasteiger partial charge on any atom is -0.491 e. The average molecular weight is 333 g/mol. The van der Waals surface area contributed by atoms with E-state index in [4.69, 9.17) is 14.6 Å². The van der Waals surface area contributed by atoms with Crippen LogP contribution in [0.15, 0.2) is 24.3 Å². The van der Waals surface area contributed by atoms with Crippen molar-refractivity contribution in [1.29, 1.82) is 0 Å². The highest BCUT2D eigenvalue weighted by molar-refractivity contribution is 5.94. The lowest BCUT2D eigenvalue weighted by Crippen LogP contribution is -2.49. The van der Waals surface area contributed by atoms with Crippen molar-refractivity contribution in [2.75, 3.05) is 19.8 Å². The molecule has 5 heteroatoms. The Morgan fingerprint density at radius 1 is 1.25 bits per heavy atom. The molecule has 1 aliphatic carbocycles. The highest BCUT2D eigenvalue weighted by atomic mass is 16.5. The van der Waals surface area contributed by atoms with E-state index in [2.05, 4.69) is 5.32 Å². The van der Waals surface area contributed by atoms with Crippen LogP contribution in [0.4, 0.5) is 0 Å². The molecule has 1 saturated carbocycles. The number of hydrogen-bond acceptors (Lipinski definition) is 4. The third-order valence-electron chi connectivity index (χ3n) is 5.07. The molecule has 2 fully saturated rings. The van der Waals surface area contributed by atoms with Crippen molar-refractivity contribution in [3.05, 3.63) is 29.8 Å². The van der Waals surface area contributed by atoms with Crippen molar-refractivity contribution in [2.45, 2.75) is 56.6 Å². The Labute approximate surface area is 143 Å². The Balaban J connectivity index is 1.55. The lowest BCUT2D eigenvalue weighted by molar-refractivity contribution is -0.107. The van der Waals surface area contributed by atoms with Crippen LogP contribution in [-0.4, -0.2) is 42.5 Å². The second kappa shape index (κ2) is 7.99. The average Bonchev–Trinajstić information content (AvgIpc) is 2.61. The minimum absolute atomic E-state index is 0.00353. The molecule has 24 heavy (non-hydrogen) atoms. The van der Waals surface area contributed by atoms with Gasteiger partial charge < -0.3 is 19.9 Å². The zero-order valence-corrected chi connectivity index (χ0v) is 14.1. The molecule has 1 aliphatic heterocycles. The smallest absolute Gasteiger partial charge is 0.251 e. The molecule has 1 amide bonds. The second-order valence-corrected chi connectivity index (χ2v) is 6.85. The van der Waals surface area contributed by atoms with Gasteiger partial charge in [-0.2, -0.15) is 0 Å². The number of amides is 1. The largest absolute Gasteiger partial charge is 0.491 e. The summed E-state index contributed by atoms with van der Waals surface area (Å²) in [5.41, 5.74) is 0.631. The summed E-state index contributed by atoms with van der Waals surface area (Å²) in [6.45, 7) is 0.975. The van der Waals surface area contributed by atoms with E-state index in [0.29, 0.717) is 11.3 Å². The molecule has 2 aliphatic rings. The molecule has 1 atom stereocenters. The summed E-state index contributed by atoms with van der Waals surface area (Å²) < 4.78 is 11.4. The molecule has 5 nitrogen and oxygen atoms in total. The Bertz CT molecular complexity index is 531. The number of carbonyl (C=O) groups is 1. The van der Waals surface area contributed by atoms with Crippen LogP contribution in [-0.2, 0) is 4.74 Å². The lowest BCUT2D eigenvalue weighted by atomic mass is 9.78. The summed E-state index contributed by atoms with van der Waals surface area (Å²) in [4.78, 5) is 12.5. The summed E-state index contributed by atoms with van der Waals surface area (Å²) in [5, 5.41) is 11.9. The first kappa shape index (κ1) is 17.2. The lowest BCUT2D eigenvalue weighted by Gasteiger charge is -2.43. The van der Waals surface area contributed by atoms with Gasteiger partial charge in [-0.25, -0.2) is 0 Å². The van der Waals surface area contributed by atoms with E-state index in [0.717, 1.165) is 32.3 Å². The number of rotatable bonds is 5. The molecule has 2 N–H and O–H groups in total. The highest BCUT2D eigenvalue weighted by Gasteiger charge is 2.38. The second-order valence-electron chi connectivity index (χ2n) is 6.85. The molecule has 0 bridgehead atoms. The fraction of sp³-hybridized carbons (Fsp3) is 0.632. The van der Waals surface area contributed by atoms with Gasteiger partial charge in [-0.1, -0.05) is 19.3 Å². The Hall–Kier alpha value is -1.59. The zero-order valence-electron chi connectivity index (χ0n) is 14.1. The van der Waals surface area contributed by atoms with E-state index in [1.54, 1.807) is 24.3 Å². The summed E-state index contributed by atoms with van der Waals surface area (Å²) in [5.74, 6) is 0.620. The van der Waals surface area contributed by atoms with Crippen molar-refractivity contribution >= 4 is 5.91 Å². The SMILES string of the molecule is O=C(NC1CCOC2(CCCCC2)C1)c1ccc(OCCO)cc1. The van der Waals surface area contributed by atoms with Crippen LogP contribution >= 0.6 is 0 Å². The Morgan fingerprint density at radius 2 is 2.00 bits per heavy atom. The first-order chi connectivity index (χ1) is 11.7. The fourth-order valence-electron chi connectivity index (χ4n) is 3.83. The van der Waals surface area contributed by atoms with Gasteiger partial charge >= 0.3 is 0 Å². The first-order valence-corrected chi connectivity index (χ1v) is 8.99. The van der Waals surface area contributed by atoms with Crippen LogP contribution in [0.3, 0.4) is 0 Å². The summed E-state index contributed by atoms with van der Waals surface area (Å²) in [6.07, 6.45) is 7.81. The minimum atomic E-state index is -0.0402. The third kappa shape index (κ3) is 4.28. The molecule has 3 rings (SSSR count). The first-order valence-electron chi connectivity index (χ1n) is 8.99. The number of benzene rings is 1. The van der Waals surface area contributed by atoms with E-state index in [1.807, 2.05) is 0 Å². The quantitative estimate of drug-likeness (QED) is 0.869. The molecule has 1 unspecified atom stereocenters. The van der Waals surface area contributed by atoms with Crippen LogP contribution in [0.5, 0.6) is 5.75 Å². The predicted octanol–water partition coefficient (Wildman–Crippen LogP) is 2.67. The van der Waals surface area contributed by atoms with Gasteiger partial charge in [-0.3, -0.25) is 4.79 Å². The fourth-order valence-corrected chi connectivity index (χ4v) is 3.83. The van der Waals surface area contributed by atoms with E-state index in [1.165, 1.54) is 19.3 Å². The maximum absolute atomic E-state index is 12.5. The zero-order chi connectivity index (χ0) is 16.8. The Morgan fingerprint density at radius 3 is 2.71 bits per heavy atom. The van der Waals surface area contributed by atoms with Gasteiger partial charge in [0, 0.05) is 18.2 Å². The molecule has 1 aromatic rings. The van der Waals surface area contributed by atoms with Gasteiger partial charge in [0.2, 0.25) is 0 Å². The van der Waals surface area contributed by atoms with Crippen molar-refractivity contribution in [2.24, 2.45) is 0 Å². The molecule has 1 aromatic carbocycles. The molecule has 1 heterocycles. The van der Waals surface area contributed by atoms with Crippen LogP contribution in [0.1, 0.15) is 55.3 Å². The molecular weight excluding hydrogens is 306 g/mol. The maximum atomic E-state index is 12.5. The molecule has 0 radical (unpaired) electrons. The normalized spacial score (nSPS) is 23.0. The summed E-state index contributed by atoms with van der Waals surface area (Å²) in [6, 6.07) is 7.23. The molecule has 1 spiro atoms. The van der Waals surface area contributed by atoms with E-state index in [-0.39, 0.29) is 30.8 Å². The highest BCUT2D eigenvalue weighted by Crippen LogP contribution is 2.38. The molecular formula is C19H27NO4. The van der Waals surface area contributed by atoms with Gasteiger partial charge in [0.05, 0.1) is 12.2 Å². The topological polar surface area (TPSA) is 67.8 Å².